The van der Waals surface area contributed by atoms with Crippen LogP contribution in [-0.2, 0) is 4.79 Å². The molecule has 1 unspecified atom stereocenters. The van der Waals surface area contributed by atoms with Gasteiger partial charge in [-0.1, -0.05) is 23.7 Å². The maximum absolute atomic E-state index is 10.7. The lowest BCUT2D eigenvalue weighted by Crippen LogP contribution is -2.45. The van der Waals surface area contributed by atoms with Gasteiger partial charge in [-0.3, -0.25) is 0 Å². The number of carboxylic acids is 1. The summed E-state index contributed by atoms with van der Waals surface area (Å²) in [5.41, 5.74) is -0.828. The molecule has 0 aliphatic heterocycles. The molecule has 94 valence electrons. The van der Waals surface area contributed by atoms with Crippen LogP contribution in [-0.4, -0.2) is 28.3 Å². The molecule has 0 amide bonds. The van der Waals surface area contributed by atoms with Crippen LogP contribution in [0.3, 0.4) is 0 Å². The van der Waals surface area contributed by atoms with E-state index in [1.807, 2.05) is 19.1 Å². The van der Waals surface area contributed by atoms with Gasteiger partial charge in [0.25, 0.3) is 0 Å². The van der Waals surface area contributed by atoms with E-state index in [0.29, 0.717) is 5.02 Å². The Kier molecular flexibility index (Phi) is 4.51. The van der Waals surface area contributed by atoms with Crippen LogP contribution in [0.2, 0.25) is 5.02 Å². The van der Waals surface area contributed by atoms with Crippen LogP contribution >= 0.6 is 11.6 Å². The molecule has 0 spiro atoms. The van der Waals surface area contributed by atoms with Crippen molar-refractivity contribution in [3.63, 3.8) is 0 Å². The molecule has 3 N–H and O–H groups in total. The maximum atomic E-state index is 10.7. The number of carboxylic acid groups (broad SMARTS) is 1. The minimum absolute atomic E-state index is 0.0317. The molecule has 0 heterocycles. The van der Waals surface area contributed by atoms with Gasteiger partial charge >= 0.3 is 5.97 Å². The standard InChI is InChI=1S/C12H16ClNO3/c1-8(9-4-3-5-10(13)6-9)14-7-12(2,17)11(15)16/h3-6,8,14,17H,7H2,1-2H3,(H,15,16)/t8-,12?/m1/s1. The third kappa shape index (κ3) is 4.00. The smallest absolute Gasteiger partial charge is 0.336 e. The van der Waals surface area contributed by atoms with Gasteiger partial charge in [0.15, 0.2) is 5.60 Å². The Morgan fingerprint density at radius 2 is 2.24 bits per heavy atom. The van der Waals surface area contributed by atoms with Gasteiger partial charge in [0.2, 0.25) is 0 Å². The molecule has 2 atom stereocenters. The summed E-state index contributed by atoms with van der Waals surface area (Å²) >= 11 is 5.86. The van der Waals surface area contributed by atoms with Crippen LogP contribution in [0.1, 0.15) is 25.5 Å². The lowest BCUT2D eigenvalue weighted by Gasteiger charge is -2.22. The summed E-state index contributed by atoms with van der Waals surface area (Å²) in [6.07, 6.45) is 0. The summed E-state index contributed by atoms with van der Waals surface area (Å²) in [5.74, 6) is -1.25. The molecule has 5 heteroatoms. The quantitative estimate of drug-likeness (QED) is 0.753. The van der Waals surface area contributed by atoms with Gasteiger partial charge < -0.3 is 15.5 Å². The molecule has 0 radical (unpaired) electrons. The molecular formula is C12H16ClNO3. The predicted octanol–water partition coefficient (Wildman–Crippen LogP) is 1.83. The summed E-state index contributed by atoms with van der Waals surface area (Å²) in [4.78, 5) is 10.7. The van der Waals surface area contributed by atoms with Gasteiger partial charge in [-0.05, 0) is 31.5 Å². The number of aliphatic carboxylic acids is 1. The molecule has 0 bridgehead atoms. The van der Waals surface area contributed by atoms with Crippen molar-refractivity contribution in [1.82, 2.24) is 5.32 Å². The molecule has 0 aliphatic carbocycles. The molecule has 4 nitrogen and oxygen atoms in total. The fourth-order valence-electron chi connectivity index (χ4n) is 1.32. The predicted molar refractivity (Wildman–Crippen MR) is 66.1 cm³/mol. The lowest BCUT2D eigenvalue weighted by atomic mass is 10.1. The number of aliphatic hydroxyl groups is 1. The first-order chi connectivity index (χ1) is 7.83. The van der Waals surface area contributed by atoms with Gasteiger partial charge in [-0.15, -0.1) is 0 Å². The topological polar surface area (TPSA) is 69.6 Å². The first kappa shape index (κ1) is 14.0. The van der Waals surface area contributed by atoms with Crippen molar-refractivity contribution in [3.8, 4) is 0 Å². The Bertz CT molecular complexity index is 406. The highest BCUT2D eigenvalue weighted by Crippen LogP contribution is 2.17. The molecular weight excluding hydrogens is 242 g/mol. The average molecular weight is 258 g/mol. The zero-order valence-corrected chi connectivity index (χ0v) is 10.5. The zero-order chi connectivity index (χ0) is 13.1. The second-order valence-corrected chi connectivity index (χ2v) is 4.67. The van der Waals surface area contributed by atoms with Gasteiger partial charge in [0, 0.05) is 17.6 Å². The molecule has 0 saturated carbocycles. The summed E-state index contributed by atoms with van der Waals surface area (Å²) < 4.78 is 0. The van der Waals surface area contributed by atoms with E-state index >= 15 is 0 Å². The van der Waals surface area contributed by atoms with E-state index in [1.54, 1.807) is 12.1 Å². The Labute approximate surface area is 105 Å². The van der Waals surface area contributed by atoms with E-state index in [4.69, 9.17) is 16.7 Å². The van der Waals surface area contributed by atoms with Crippen molar-refractivity contribution < 1.29 is 15.0 Å². The second-order valence-electron chi connectivity index (χ2n) is 4.24. The van der Waals surface area contributed by atoms with Crippen LogP contribution in [0.4, 0.5) is 0 Å². The Morgan fingerprint density at radius 1 is 1.59 bits per heavy atom. The van der Waals surface area contributed by atoms with E-state index in [0.717, 1.165) is 5.56 Å². The Morgan fingerprint density at radius 3 is 2.76 bits per heavy atom. The molecule has 1 aromatic rings. The number of benzene rings is 1. The molecule has 1 rings (SSSR count). The third-order valence-corrected chi connectivity index (χ3v) is 2.80. The van der Waals surface area contributed by atoms with Crippen molar-refractivity contribution in [2.45, 2.75) is 25.5 Å². The summed E-state index contributed by atoms with van der Waals surface area (Å²) in [7, 11) is 0. The Balaban J connectivity index is 2.62. The van der Waals surface area contributed by atoms with E-state index in [2.05, 4.69) is 5.32 Å². The van der Waals surface area contributed by atoms with E-state index in [1.165, 1.54) is 6.92 Å². The molecule has 0 aliphatic rings. The fourth-order valence-corrected chi connectivity index (χ4v) is 1.52. The van der Waals surface area contributed by atoms with Gasteiger partial charge in [-0.2, -0.15) is 0 Å². The average Bonchev–Trinajstić information content (AvgIpc) is 2.25. The number of hydrogen-bond donors (Lipinski definition) is 3. The van der Waals surface area contributed by atoms with Crippen molar-refractivity contribution in [3.05, 3.63) is 34.9 Å². The zero-order valence-electron chi connectivity index (χ0n) is 9.77. The molecule has 0 aromatic heterocycles. The second kappa shape index (κ2) is 5.49. The van der Waals surface area contributed by atoms with Crippen LogP contribution in [0, 0.1) is 0 Å². The highest BCUT2D eigenvalue weighted by molar-refractivity contribution is 6.30. The van der Waals surface area contributed by atoms with Crippen molar-refractivity contribution in [1.29, 1.82) is 0 Å². The van der Waals surface area contributed by atoms with Crippen LogP contribution in [0.5, 0.6) is 0 Å². The summed E-state index contributed by atoms with van der Waals surface area (Å²) in [5, 5.41) is 21.9. The Hall–Kier alpha value is -1.10. The molecule has 0 saturated heterocycles. The third-order valence-electron chi connectivity index (χ3n) is 2.56. The van der Waals surface area contributed by atoms with Gasteiger partial charge in [-0.25, -0.2) is 4.79 Å². The van der Waals surface area contributed by atoms with Crippen LogP contribution in [0.25, 0.3) is 0 Å². The number of carbonyl (C=O) groups is 1. The largest absolute Gasteiger partial charge is 0.479 e. The monoisotopic (exact) mass is 257 g/mol. The number of hydrogen-bond acceptors (Lipinski definition) is 3. The van der Waals surface area contributed by atoms with Crippen molar-refractivity contribution >= 4 is 17.6 Å². The highest BCUT2D eigenvalue weighted by Gasteiger charge is 2.29. The van der Waals surface area contributed by atoms with E-state index < -0.39 is 11.6 Å². The van der Waals surface area contributed by atoms with Crippen LogP contribution in [0.15, 0.2) is 24.3 Å². The first-order valence-electron chi connectivity index (χ1n) is 5.27. The number of nitrogens with one attached hydrogen (secondary N) is 1. The maximum Gasteiger partial charge on any atom is 0.336 e. The summed E-state index contributed by atoms with van der Waals surface area (Å²) in [6, 6.07) is 7.20. The number of rotatable bonds is 5. The van der Waals surface area contributed by atoms with Gasteiger partial charge in [0.05, 0.1) is 0 Å². The first-order valence-corrected chi connectivity index (χ1v) is 5.65. The lowest BCUT2D eigenvalue weighted by molar-refractivity contribution is -0.156. The molecule has 1 aromatic carbocycles. The van der Waals surface area contributed by atoms with E-state index in [-0.39, 0.29) is 12.6 Å². The minimum atomic E-state index is -1.77. The van der Waals surface area contributed by atoms with E-state index in [9.17, 15) is 9.90 Å². The summed E-state index contributed by atoms with van der Waals surface area (Å²) in [6.45, 7) is 3.10. The molecule has 0 fully saturated rings. The highest BCUT2D eigenvalue weighted by atomic mass is 35.5. The SMILES string of the molecule is C[C@@H](NCC(C)(O)C(=O)O)c1cccc(Cl)c1. The van der Waals surface area contributed by atoms with Crippen LogP contribution < -0.4 is 5.32 Å². The normalized spacial score (nSPS) is 16.2. The number of halogens is 1. The van der Waals surface area contributed by atoms with Gasteiger partial charge in [0.1, 0.15) is 0 Å². The van der Waals surface area contributed by atoms with Crippen molar-refractivity contribution in [2.75, 3.05) is 6.54 Å². The minimum Gasteiger partial charge on any atom is -0.479 e. The molecule has 17 heavy (non-hydrogen) atoms. The van der Waals surface area contributed by atoms with Crippen molar-refractivity contribution in [2.24, 2.45) is 0 Å². The fraction of sp³-hybridized carbons (Fsp3) is 0.417.